The Hall–Kier alpha value is -0.460. The molecule has 0 aromatic rings. The summed E-state index contributed by atoms with van der Waals surface area (Å²) in [5, 5.41) is 0. The highest BCUT2D eigenvalue weighted by Gasteiger charge is 2.14. The third-order valence-electron chi connectivity index (χ3n) is 1.60. The molecule has 0 fully saturated rings. The molecule has 0 unspecified atom stereocenters. The second-order valence-corrected chi connectivity index (χ2v) is 3.48. The summed E-state index contributed by atoms with van der Waals surface area (Å²) in [4.78, 5) is 0. The summed E-state index contributed by atoms with van der Waals surface area (Å²) in [6.45, 7) is 8.74. The van der Waals surface area contributed by atoms with E-state index in [1.54, 1.807) is 7.11 Å². The van der Waals surface area contributed by atoms with Crippen LogP contribution in [0.15, 0.2) is 11.8 Å². The lowest BCUT2D eigenvalue weighted by Crippen LogP contribution is -2.08. The van der Waals surface area contributed by atoms with Crippen LogP contribution in [0, 0.1) is 5.41 Å². The molecule has 0 bridgehead atoms. The first-order chi connectivity index (χ1) is 4.52. The van der Waals surface area contributed by atoms with Gasteiger partial charge in [0, 0.05) is 0 Å². The highest BCUT2D eigenvalue weighted by atomic mass is 16.5. The number of ether oxygens (including phenoxy) is 1. The lowest BCUT2D eigenvalue weighted by Gasteiger charge is -2.20. The van der Waals surface area contributed by atoms with E-state index in [0.29, 0.717) is 0 Å². The first kappa shape index (κ1) is 9.54. The molecule has 0 atom stereocenters. The van der Waals surface area contributed by atoms with Crippen molar-refractivity contribution in [1.29, 1.82) is 0 Å². The fraction of sp³-hybridized carbons (Fsp3) is 0.778. The van der Waals surface area contributed by atoms with Gasteiger partial charge in [-0.05, 0) is 17.4 Å². The molecule has 1 nitrogen and oxygen atoms in total. The average molecular weight is 142 g/mol. The van der Waals surface area contributed by atoms with Crippen molar-refractivity contribution in [3.8, 4) is 0 Å². The molecular formula is C9H18O. The Bertz CT molecular complexity index is 117. The Balaban J connectivity index is 4.21. The monoisotopic (exact) mass is 142 g/mol. The van der Waals surface area contributed by atoms with E-state index in [1.165, 1.54) is 5.57 Å². The number of hydrogen-bond donors (Lipinski definition) is 0. The van der Waals surface area contributed by atoms with E-state index in [9.17, 15) is 0 Å². The van der Waals surface area contributed by atoms with E-state index in [-0.39, 0.29) is 5.41 Å². The molecule has 0 aliphatic carbocycles. The number of rotatable bonds is 2. The molecule has 0 radical (unpaired) electrons. The molecule has 0 amide bonds. The maximum Gasteiger partial charge on any atom is 0.0821 e. The van der Waals surface area contributed by atoms with Gasteiger partial charge in [0.2, 0.25) is 0 Å². The van der Waals surface area contributed by atoms with Gasteiger partial charge in [0.25, 0.3) is 0 Å². The minimum Gasteiger partial charge on any atom is -0.504 e. The van der Waals surface area contributed by atoms with Crippen molar-refractivity contribution in [1.82, 2.24) is 0 Å². The van der Waals surface area contributed by atoms with Crippen LogP contribution in [0.5, 0.6) is 0 Å². The van der Waals surface area contributed by atoms with Crippen molar-refractivity contribution >= 4 is 0 Å². The van der Waals surface area contributed by atoms with E-state index in [0.717, 1.165) is 6.42 Å². The minimum absolute atomic E-state index is 0.255. The van der Waals surface area contributed by atoms with Crippen LogP contribution in [-0.2, 0) is 4.74 Å². The van der Waals surface area contributed by atoms with Gasteiger partial charge in [0.05, 0.1) is 13.4 Å². The van der Waals surface area contributed by atoms with Gasteiger partial charge < -0.3 is 4.74 Å². The molecular weight excluding hydrogens is 124 g/mol. The topological polar surface area (TPSA) is 9.23 Å². The maximum absolute atomic E-state index is 4.96. The molecule has 0 spiro atoms. The van der Waals surface area contributed by atoms with Crippen molar-refractivity contribution < 1.29 is 4.74 Å². The van der Waals surface area contributed by atoms with Gasteiger partial charge in [-0.2, -0.15) is 0 Å². The van der Waals surface area contributed by atoms with Crippen LogP contribution in [0.3, 0.4) is 0 Å². The summed E-state index contributed by atoms with van der Waals surface area (Å²) < 4.78 is 4.96. The number of allylic oxidation sites excluding steroid dienone is 1. The molecule has 0 aromatic carbocycles. The van der Waals surface area contributed by atoms with Gasteiger partial charge in [-0.1, -0.05) is 27.7 Å². The largest absolute Gasteiger partial charge is 0.504 e. The van der Waals surface area contributed by atoms with Crippen molar-refractivity contribution in [2.75, 3.05) is 7.11 Å². The molecule has 0 aliphatic rings. The predicted octanol–water partition coefficient (Wildman–Crippen LogP) is 2.97. The molecule has 0 saturated carbocycles. The fourth-order valence-corrected chi connectivity index (χ4v) is 0.933. The van der Waals surface area contributed by atoms with Crippen molar-refractivity contribution in [2.45, 2.75) is 34.1 Å². The van der Waals surface area contributed by atoms with E-state index >= 15 is 0 Å². The van der Waals surface area contributed by atoms with Crippen molar-refractivity contribution in [3.05, 3.63) is 11.8 Å². The molecule has 0 N–H and O–H groups in total. The summed E-state index contributed by atoms with van der Waals surface area (Å²) in [7, 11) is 1.70. The van der Waals surface area contributed by atoms with Crippen LogP contribution < -0.4 is 0 Å². The van der Waals surface area contributed by atoms with Crippen LogP contribution in [0.4, 0.5) is 0 Å². The van der Waals surface area contributed by atoms with Crippen LogP contribution in [0.2, 0.25) is 0 Å². The Labute approximate surface area is 64.1 Å². The van der Waals surface area contributed by atoms with E-state index in [2.05, 4.69) is 27.7 Å². The highest BCUT2D eigenvalue weighted by molar-refractivity contribution is 5.06. The molecule has 1 heteroatoms. The van der Waals surface area contributed by atoms with E-state index < -0.39 is 0 Å². The Morgan fingerprint density at radius 3 is 2.00 bits per heavy atom. The van der Waals surface area contributed by atoms with Crippen LogP contribution in [-0.4, -0.2) is 7.11 Å². The van der Waals surface area contributed by atoms with Gasteiger partial charge in [-0.25, -0.2) is 0 Å². The van der Waals surface area contributed by atoms with Crippen molar-refractivity contribution in [2.24, 2.45) is 5.41 Å². The average Bonchev–Trinajstić information content (AvgIpc) is 1.80. The molecule has 10 heavy (non-hydrogen) atoms. The van der Waals surface area contributed by atoms with Crippen molar-refractivity contribution in [3.63, 3.8) is 0 Å². The second kappa shape index (κ2) is 3.65. The molecule has 0 aromatic heterocycles. The number of methoxy groups -OCH3 is 1. The molecule has 0 rings (SSSR count). The normalized spacial score (nSPS) is 13.5. The summed E-state index contributed by atoms with van der Waals surface area (Å²) in [5.74, 6) is 0. The summed E-state index contributed by atoms with van der Waals surface area (Å²) in [5.41, 5.74) is 1.61. The van der Waals surface area contributed by atoms with Crippen LogP contribution in [0.25, 0.3) is 0 Å². The minimum atomic E-state index is 0.255. The first-order valence-corrected chi connectivity index (χ1v) is 3.74. The van der Waals surface area contributed by atoms with Gasteiger partial charge >= 0.3 is 0 Å². The van der Waals surface area contributed by atoms with E-state index in [4.69, 9.17) is 4.74 Å². The SMILES string of the molecule is CC/C(=C/OC)C(C)(C)C. The van der Waals surface area contributed by atoms with Gasteiger partial charge in [0.1, 0.15) is 0 Å². The highest BCUT2D eigenvalue weighted by Crippen LogP contribution is 2.27. The van der Waals surface area contributed by atoms with Crippen LogP contribution >= 0.6 is 0 Å². The van der Waals surface area contributed by atoms with Gasteiger partial charge in [0.15, 0.2) is 0 Å². The Kier molecular flexibility index (Phi) is 3.48. The Morgan fingerprint density at radius 1 is 1.40 bits per heavy atom. The quantitative estimate of drug-likeness (QED) is 0.538. The standard InChI is InChI=1S/C9H18O/c1-6-8(7-10-5)9(2,3)4/h7H,6H2,1-5H3/b8-7-. The molecule has 60 valence electrons. The fourth-order valence-electron chi connectivity index (χ4n) is 0.933. The van der Waals surface area contributed by atoms with Crippen LogP contribution in [0.1, 0.15) is 34.1 Å². The zero-order valence-electron chi connectivity index (χ0n) is 7.69. The lowest BCUT2D eigenvalue weighted by atomic mass is 9.86. The zero-order valence-corrected chi connectivity index (χ0v) is 7.69. The summed E-state index contributed by atoms with van der Waals surface area (Å²) in [6, 6.07) is 0. The molecule has 0 aliphatic heterocycles. The summed E-state index contributed by atoms with van der Waals surface area (Å²) in [6.07, 6.45) is 2.91. The maximum atomic E-state index is 4.96. The third kappa shape index (κ3) is 2.90. The smallest absolute Gasteiger partial charge is 0.0821 e. The van der Waals surface area contributed by atoms with Gasteiger partial charge in [-0.3, -0.25) is 0 Å². The second-order valence-electron chi connectivity index (χ2n) is 3.48. The Morgan fingerprint density at radius 2 is 1.90 bits per heavy atom. The zero-order chi connectivity index (χ0) is 8.20. The molecule has 0 saturated heterocycles. The molecule has 0 heterocycles. The number of hydrogen-bond acceptors (Lipinski definition) is 1. The third-order valence-corrected chi connectivity index (χ3v) is 1.60. The van der Waals surface area contributed by atoms with E-state index in [1.807, 2.05) is 6.26 Å². The lowest BCUT2D eigenvalue weighted by molar-refractivity contribution is 0.318. The summed E-state index contributed by atoms with van der Waals surface area (Å²) >= 11 is 0. The first-order valence-electron chi connectivity index (χ1n) is 3.74. The van der Waals surface area contributed by atoms with Gasteiger partial charge in [-0.15, -0.1) is 0 Å². The predicted molar refractivity (Wildman–Crippen MR) is 44.8 cm³/mol.